The molecule has 3 aromatic carbocycles. The molecule has 0 aliphatic rings. The maximum Gasteiger partial charge on any atom is 0.220 e. The maximum absolute atomic E-state index is 12.3. The van der Waals surface area contributed by atoms with Crippen LogP contribution < -0.4 is 5.32 Å². The van der Waals surface area contributed by atoms with Gasteiger partial charge in [-0.2, -0.15) is 0 Å². The van der Waals surface area contributed by atoms with Gasteiger partial charge in [0, 0.05) is 31.7 Å². The number of thioether (sulfide) groups is 1. The van der Waals surface area contributed by atoms with E-state index in [4.69, 9.17) is 0 Å². The molecule has 37 heavy (non-hydrogen) atoms. The van der Waals surface area contributed by atoms with Crippen molar-refractivity contribution in [3.63, 3.8) is 0 Å². The van der Waals surface area contributed by atoms with Gasteiger partial charge in [-0.3, -0.25) is 4.79 Å². The summed E-state index contributed by atoms with van der Waals surface area (Å²) >= 11 is 1.75. The number of benzene rings is 3. The van der Waals surface area contributed by atoms with Crippen LogP contribution in [0.15, 0.2) is 84.0 Å². The summed E-state index contributed by atoms with van der Waals surface area (Å²) in [6.45, 7) is 5.71. The second-order valence-corrected chi connectivity index (χ2v) is 10.5. The van der Waals surface area contributed by atoms with Crippen LogP contribution in [-0.2, 0) is 36.5 Å². The zero-order chi connectivity index (χ0) is 25.9. The molecule has 0 spiro atoms. The third-order valence-corrected chi connectivity index (χ3v) is 7.33. The van der Waals surface area contributed by atoms with Gasteiger partial charge in [0.1, 0.15) is 5.82 Å². The molecular formula is C31H36N4OS. The second-order valence-electron chi connectivity index (χ2n) is 9.54. The highest BCUT2D eigenvalue weighted by Crippen LogP contribution is 2.24. The van der Waals surface area contributed by atoms with Gasteiger partial charge < -0.3 is 9.88 Å². The van der Waals surface area contributed by atoms with Crippen molar-refractivity contribution in [3.05, 3.63) is 113 Å². The van der Waals surface area contributed by atoms with Gasteiger partial charge in [0.05, 0.1) is 0 Å². The van der Waals surface area contributed by atoms with Gasteiger partial charge in [-0.25, -0.2) is 0 Å². The molecule has 6 heteroatoms. The number of hydrogen-bond acceptors (Lipinski definition) is 4. The summed E-state index contributed by atoms with van der Waals surface area (Å²) in [5.74, 6) is 1.97. The topological polar surface area (TPSA) is 59.8 Å². The van der Waals surface area contributed by atoms with Crippen LogP contribution in [0.5, 0.6) is 0 Å². The summed E-state index contributed by atoms with van der Waals surface area (Å²) < 4.78 is 2.27. The molecule has 0 bridgehead atoms. The van der Waals surface area contributed by atoms with Crippen LogP contribution in [-0.4, -0.2) is 20.7 Å². The van der Waals surface area contributed by atoms with Crippen LogP contribution in [0.4, 0.5) is 0 Å². The molecule has 1 N–H and O–H groups in total. The summed E-state index contributed by atoms with van der Waals surface area (Å²) in [5, 5.41) is 13.1. The smallest absolute Gasteiger partial charge is 0.220 e. The number of unbranched alkanes of at least 4 members (excludes halogenated alkanes) is 1. The Morgan fingerprint density at radius 1 is 0.811 bits per heavy atom. The van der Waals surface area contributed by atoms with E-state index in [0.717, 1.165) is 54.5 Å². The lowest BCUT2D eigenvalue weighted by Gasteiger charge is -2.11. The Kier molecular flexibility index (Phi) is 9.95. The number of carbonyl (C=O) groups excluding carboxylic acids is 1. The van der Waals surface area contributed by atoms with Crippen LogP contribution in [0.1, 0.15) is 52.9 Å². The predicted octanol–water partition coefficient (Wildman–Crippen LogP) is 6.46. The molecule has 0 radical (unpaired) electrons. The van der Waals surface area contributed by atoms with Crippen molar-refractivity contribution in [2.45, 2.75) is 70.0 Å². The van der Waals surface area contributed by atoms with Crippen LogP contribution in [0.25, 0.3) is 0 Å². The van der Waals surface area contributed by atoms with E-state index in [1.54, 1.807) is 11.8 Å². The molecule has 1 amide bonds. The van der Waals surface area contributed by atoms with E-state index in [0.29, 0.717) is 13.0 Å². The summed E-state index contributed by atoms with van der Waals surface area (Å²) in [4.78, 5) is 12.3. The molecule has 1 heterocycles. The SMILES string of the molecule is Cc1cc(C)cc(CSc2nnc(CCCCC(=O)NCc3ccccc3)n2CCc2ccccc2)c1. The standard InChI is InChI=1S/C31H36N4OS/c1-24-19-25(2)21-28(20-24)23-37-31-34-33-29(35(31)18-17-26-11-5-3-6-12-26)15-9-10-16-30(36)32-22-27-13-7-4-8-14-27/h3-8,11-14,19-21H,9-10,15-18,22-23H2,1-2H3,(H,32,36). The molecular weight excluding hydrogens is 476 g/mol. The summed E-state index contributed by atoms with van der Waals surface area (Å²) in [7, 11) is 0. The average Bonchev–Trinajstić information content (AvgIpc) is 3.29. The highest BCUT2D eigenvalue weighted by atomic mass is 32.2. The van der Waals surface area contributed by atoms with Crippen molar-refractivity contribution in [1.29, 1.82) is 0 Å². The lowest BCUT2D eigenvalue weighted by atomic mass is 10.1. The van der Waals surface area contributed by atoms with Crippen molar-refractivity contribution in [1.82, 2.24) is 20.1 Å². The van der Waals surface area contributed by atoms with Crippen molar-refractivity contribution in [2.75, 3.05) is 0 Å². The minimum absolute atomic E-state index is 0.0964. The number of aryl methyl sites for hydroxylation is 4. The van der Waals surface area contributed by atoms with Gasteiger partial charge >= 0.3 is 0 Å². The zero-order valence-electron chi connectivity index (χ0n) is 21.8. The molecule has 4 rings (SSSR count). The number of amides is 1. The van der Waals surface area contributed by atoms with Gasteiger partial charge in [-0.1, -0.05) is 102 Å². The third kappa shape index (κ3) is 8.60. The average molecular weight is 513 g/mol. The van der Waals surface area contributed by atoms with Gasteiger partial charge in [0.25, 0.3) is 0 Å². The molecule has 0 saturated heterocycles. The first kappa shape index (κ1) is 26.7. The molecule has 5 nitrogen and oxygen atoms in total. The number of aromatic nitrogens is 3. The fourth-order valence-electron chi connectivity index (χ4n) is 4.47. The fraction of sp³-hybridized carbons (Fsp3) is 0.323. The predicted molar refractivity (Wildman–Crippen MR) is 151 cm³/mol. The largest absolute Gasteiger partial charge is 0.352 e. The highest BCUT2D eigenvalue weighted by molar-refractivity contribution is 7.98. The van der Waals surface area contributed by atoms with E-state index >= 15 is 0 Å². The molecule has 4 aromatic rings. The molecule has 0 aliphatic heterocycles. The molecule has 0 atom stereocenters. The molecule has 192 valence electrons. The van der Waals surface area contributed by atoms with E-state index < -0.39 is 0 Å². The van der Waals surface area contributed by atoms with E-state index in [9.17, 15) is 4.79 Å². The Hall–Kier alpha value is -3.38. The molecule has 0 aliphatic carbocycles. The lowest BCUT2D eigenvalue weighted by Crippen LogP contribution is -2.22. The van der Waals surface area contributed by atoms with Crippen LogP contribution in [0.3, 0.4) is 0 Å². The Labute approximate surface area is 224 Å². The monoisotopic (exact) mass is 512 g/mol. The summed E-state index contributed by atoms with van der Waals surface area (Å²) in [6.07, 6.45) is 4.02. The van der Waals surface area contributed by atoms with Crippen molar-refractivity contribution in [3.8, 4) is 0 Å². The summed E-state index contributed by atoms with van der Waals surface area (Å²) in [5.41, 5.74) is 6.31. The molecule has 1 aromatic heterocycles. The number of rotatable bonds is 13. The lowest BCUT2D eigenvalue weighted by molar-refractivity contribution is -0.121. The van der Waals surface area contributed by atoms with E-state index in [-0.39, 0.29) is 5.91 Å². The van der Waals surface area contributed by atoms with Gasteiger partial charge in [-0.15, -0.1) is 10.2 Å². The van der Waals surface area contributed by atoms with Gasteiger partial charge in [0.2, 0.25) is 5.91 Å². The van der Waals surface area contributed by atoms with Gasteiger partial charge in [-0.05, 0) is 49.8 Å². The Balaban J connectivity index is 1.33. The maximum atomic E-state index is 12.3. The van der Waals surface area contributed by atoms with E-state index in [2.05, 4.69) is 82.5 Å². The van der Waals surface area contributed by atoms with Crippen molar-refractivity contribution >= 4 is 17.7 Å². The first-order valence-corrected chi connectivity index (χ1v) is 14.0. The van der Waals surface area contributed by atoms with E-state index in [1.165, 1.54) is 22.3 Å². The quantitative estimate of drug-likeness (QED) is 0.165. The molecule has 0 saturated carbocycles. The third-order valence-electron chi connectivity index (χ3n) is 6.30. The van der Waals surface area contributed by atoms with Crippen molar-refractivity contribution < 1.29 is 4.79 Å². The number of nitrogens with one attached hydrogen (secondary N) is 1. The minimum atomic E-state index is 0.0964. The normalized spacial score (nSPS) is 11.0. The second kappa shape index (κ2) is 13.8. The summed E-state index contributed by atoms with van der Waals surface area (Å²) in [6, 6.07) is 27.3. The van der Waals surface area contributed by atoms with Gasteiger partial charge in [0.15, 0.2) is 5.16 Å². The number of nitrogens with zero attached hydrogens (tertiary/aromatic N) is 3. The Morgan fingerprint density at radius 3 is 2.19 bits per heavy atom. The highest BCUT2D eigenvalue weighted by Gasteiger charge is 2.14. The zero-order valence-corrected chi connectivity index (χ0v) is 22.6. The van der Waals surface area contributed by atoms with Crippen LogP contribution in [0.2, 0.25) is 0 Å². The fourth-order valence-corrected chi connectivity index (χ4v) is 5.39. The Morgan fingerprint density at radius 2 is 1.49 bits per heavy atom. The van der Waals surface area contributed by atoms with Crippen molar-refractivity contribution in [2.24, 2.45) is 0 Å². The Bertz CT molecular complexity index is 1250. The van der Waals surface area contributed by atoms with Crippen LogP contribution in [0, 0.1) is 13.8 Å². The van der Waals surface area contributed by atoms with Crippen LogP contribution >= 0.6 is 11.8 Å². The number of hydrogen-bond donors (Lipinski definition) is 1. The van der Waals surface area contributed by atoms with E-state index in [1.807, 2.05) is 30.3 Å². The first-order valence-electron chi connectivity index (χ1n) is 13.0. The number of carbonyl (C=O) groups is 1. The molecule has 0 unspecified atom stereocenters. The minimum Gasteiger partial charge on any atom is -0.352 e. The molecule has 0 fully saturated rings. The first-order chi connectivity index (χ1) is 18.1.